The van der Waals surface area contributed by atoms with Gasteiger partial charge in [-0.25, -0.2) is 9.78 Å². The lowest BCUT2D eigenvalue weighted by Crippen LogP contribution is -2.37. The van der Waals surface area contributed by atoms with Gasteiger partial charge in [0.2, 0.25) is 5.91 Å². The minimum absolute atomic E-state index is 0.115. The summed E-state index contributed by atoms with van der Waals surface area (Å²) >= 11 is 1.14. The van der Waals surface area contributed by atoms with E-state index in [1.807, 2.05) is 6.92 Å². The number of thiophene rings is 1. The summed E-state index contributed by atoms with van der Waals surface area (Å²) in [5, 5.41) is 3.22. The minimum Gasteiger partial charge on any atom is -0.462 e. The second-order valence-electron chi connectivity index (χ2n) is 6.70. The molecule has 2 heterocycles. The molecule has 2 rings (SSSR count). The Balaban J connectivity index is 2.17. The van der Waals surface area contributed by atoms with Gasteiger partial charge in [-0.05, 0) is 39.8 Å². The first-order chi connectivity index (χ1) is 13.8. The molecule has 0 aliphatic carbocycles. The van der Waals surface area contributed by atoms with Crippen LogP contribution in [0.1, 0.15) is 47.4 Å². The molecule has 0 radical (unpaired) electrons. The standard InChI is InChI=1S/C19H28N4O5S/c1-6-28-19(26)15-11(2)14-17(25)21-16(22-18(14)29-15)12(3)23(4)10-13(24)20-8-7-9-27-5/h12H,6-10H2,1-5H3,(H,20,24)(H,21,22,25). The van der Waals surface area contributed by atoms with Gasteiger partial charge in [-0.1, -0.05) is 0 Å². The lowest BCUT2D eigenvalue weighted by molar-refractivity contribution is -0.122. The average molecular weight is 425 g/mol. The van der Waals surface area contributed by atoms with Crippen LogP contribution in [0, 0.1) is 6.92 Å². The summed E-state index contributed by atoms with van der Waals surface area (Å²) in [7, 11) is 3.40. The van der Waals surface area contributed by atoms with Crippen LogP contribution in [0.2, 0.25) is 0 Å². The van der Waals surface area contributed by atoms with E-state index in [9.17, 15) is 14.4 Å². The normalized spacial score (nSPS) is 12.3. The number of ether oxygens (including phenoxy) is 2. The molecule has 2 aromatic heterocycles. The Morgan fingerprint density at radius 3 is 2.76 bits per heavy atom. The Kier molecular flexibility index (Phi) is 8.30. The Labute approximate surface area is 173 Å². The molecule has 0 aliphatic heterocycles. The van der Waals surface area contributed by atoms with Crippen molar-refractivity contribution in [2.45, 2.75) is 33.2 Å². The first kappa shape index (κ1) is 23.0. The number of H-pyrrole nitrogens is 1. The van der Waals surface area contributed by atoms with Gasteiger partial charge >= 0.3 is 5.97 Å². The number of likely N-dealkylation sites (N-methyl/N-ethyl adjacent to an activating group) is 1. The maximum atomic E-state index is 12.6. The van der Waals surface area contributed by atoms with Gasteiger partial charge in [0.1, 0.15) is 15.5 Å². The molecule has 2 aromatic rings. The molecule has 0 aromatic carbocycles. The first-order valence-corrected chi connectivity index (χ1v) is 10.3. The molecule has 160 valence electrons. The molecule has 0 fully saturated rings. The maximum Gasteiger partial charge on any atom is 0.348 e. The summed E-state index contributed by atoms with van der Waals surface area (Å²) in [5.74, 6) is -0.131. The van der Waals surface area contributed by atoms with Gasteiger partial charge < -0.3 is 19.8 Å². The van der Waals surface area contributed by atoms with Crippen LogP contribution in [0.15, 0.2) is 4.79 Å². The monoisotopic (exact) mass is 424 g/mol. The van der Waals surface area contributed by atoms with Gasteiger partial charge in [0, 0.05) is 20.3 Å². The first-order valence-electron chi connectivity index (χ1n) is 9.46. The molecule has 9 nitrogen and oxygen atoms in total. The van der Waals surface area contributed by atoms with Crippen molar-refractivity contribution in [1.82, 2.24) is 20.2 Å². The Hall–Kier alpha value is -2.30. The van der Waals surface area contributed by atoms with E-state index in [1.165, 1.54) is 0 Å². The largest absolute Gasteiger partial charge is 0.462 e. The molecule has 0 bridgehead atoms. The number of fused-ring (bicyclic) bond motifs is 1. The zero-order valence-electron chi connectivity index (χ0n) is 17.5. The van der Waals surface area contributed by atoms with Gasteiger partial charge in [0.05, 0.1) is 24.6 Å². The predicted molar refractivity (Wildman–Crippen MR) is 111 cm³/mol. The molecular weight excluding hydrogens is 396 g/mol. The average Bonchev–Trinajstić information content (AvgIpc) is 3.01. The zero-order chi connectivity index (χ0) is 21.6. The van der Waals surface area contributed by atoms with Crippen LogP contribution in [-0.2, 0) is 14.3 Å². The number of hydrogen-bond donors (Lipinski definition) is 2. The van der Waals surface area contributed by atoms with Crippen LogP contribution in [0.5, 0.6) is 0 Å². The fraction of sp³-hybridized carbons (Fsp3) is 0.579. The van der Waals surface area contributed by atoms with Gasteiger partial charge in [0.25, 0.3) is 5.56 Å². The number of carbonyl (C=O) groups excluding carboxylic acids is 2. The number of nitrogens with one attached hydrogen (secondary N) is 2. The van der Waals surface area contributed by atoms with E-state index in [4.69, 9.17) is 9.47 Å². The molecule has 10 heteroatoms. The molecule has 0 spiro atoms. The second kappa shape index (κ2) is 10.5. The van der Waals surface area contributed by atoms with Crippen molar-refractivity contribution in [2.75, 3.05) is 40.5 Å². The van der Waals surface area contributed by atoms with Crippen molar-refractivity contribution < 1.29 is 19.1 Å². The molecule has 0 saturated heterocycles. The highest BCUT2D eigenvalue weighted by molar-refractivity contribution is 7.20. The van der Waals surface area contributed by atoms with Gasteiger partial charge in [0.15, 0.2) is 0 Å². The van der Waals surface area contributed by atoms with E-state index in [-0.39, 0.29) is 30.7 Å². The second-order valence-corrected chi connectivity index (χ2v) is 7.69. The third-order valence-corrected chi connectivity index (χ3v) is 5.74. The van der Waals surface area contributed by atoms with Crippen LogP contribution in [0.3, 0.4) is 0 Å². The maximum absolute atomic E-state index is 12.6. The Bertz CT molecular complexity index is 923. The number of amides is 1. The van der Waals surface area contributed by atoms with Crippen molar-refractivity contribution >= 4 is 33.4 Å². The summed E-state index contributed by atoms with van der Waals surface area (Å²) in [4.78, 5) is 46.8. The van der Waals surface area contributed by atoms with Gasteiger partial charge in [-0.15, -0.1) is 11.3 Å². The minimum atomic E-state index is -0.454. The van der Waals surface area contributed by atoms with Crippen molar-refractivity contribution in [3.8, 4) is 0 Å². The van der Waals surface area contributed by atoms with E-state index in [2.05, 4.69) is 15.3 Å². The van der Waals surface area contributed by atoms with E-state index in [0.29, 0.717) is 39.6 Å². The van der Waals surface area contributed by atoms with Crippen LogP contribution < -0.4 is 10.9 Å². The summed E-state index contributed by atoms with van der Waals surface area (Å²) < 4.78 is 10.0. The quantitative estimate of drug-likeness (QED) is 0.440. The van der Waals surface area contributed by atoms with Gasteiger partial charge in [-0.3, -0.25) is 14.5 Å². The zero-order valence-corrected chi connectivity index (χ0v) is 18.3. The Morgan fingerprint density at radius 1 is 1.38 bits per heavy atom. The molecule has 1 amide bonds. The predicted octanol–water partition coefficient (Wildman–Crippen LogP) is 1.62. The molecule has 0 aliphatic rings. The van der Waals surface area contributed by atoms with Crippen LogP contribution in [0.4, 0.5) is 0 Å². The lowest BCUT2D eigenvalue weighted by Gasteiger charge is -2.23. The summed E-state index contributed by atoms with van der Waals surface area (Å²) in [6, 6.07) is -0.301. The van der Waals surface area contributed by atoms with E-state index in [0.717, 1.165) is 17.8 Å². The Morgan fingerprint density at radius 2 is 2.10 bits per heavy atom. The number of aromatic nitrogens is 2. The molecular formula is C19H28N4O5S. The van der Waals surface area contributed by atoms with Crippen molar-refractivity contribution in [3.05, 3.63) is 26.6 Å². The fourth-order valence-electron chi connectivity index (χ4n) is 2.82. The third-order valence-electron chi connectivity index (χ3n) is 4.58. The number of rotatable bonds is 10. The number of carbonyl (C=O) groups is 2. The number of nitrogens with zero attached hydrogens (tertiary/aromatic N) is 2. The number of aromatic amines is 1. The highest BCUT2D eigenvalue weighted by Gasteiger charge is 2.23. The van der Waals surface area contributed by atoms with E-state index < -0.39 is 5.97 Å². The number of aryl methyl sites for hydroxylation is 1. The SMILES string of the molecule is CCOC(=O)c1sc2nc(C(C)N(C)CC(=O)NCCCOC)[nH]c(=O)c2c1C. The van der Waals surface area contributed by atoms with Gasteiger partial charge in [-0.2, -0.15) is 0 Å². The van der Waals surface area contributed by atoms with E-state index in [1.54, 1.807) is 32.9 Å². The van der Waals surface area contributed by atoms with Crippen molar-refractivity contribution in [1.29, 1.82) is 0 Å². The highest BCUT2D eigenvalue weighted by atomic mass is 32.1. The molecule has 2 N–H and O–H groups in total. The molecule has 0 saturated carbocycles. The number of esters is 1. The summed E-state index contributed by atoms with van der Waals surface area (Å²) in [6.45, 7) is 6.85. The smallest absolute Gasteiger partial charge is 0.348 e. The van der Waals surface area contributed by atoms with Crippen LogP contribution >= 0.6 is 11.3 Å². The fourth-order valence-corrected chi connectivity index (χ4v) is 3.90. The third kappa shape index (κ3) is 5.62. The van der Waals surface area contributed by atoms with Crippen LogP contribution in [0.25, 0.3) is 10.2 Å². The summed E-state index contributed by atoms with van der Waals surface area (Å²) in [6.07, 6.45) is 0.744. The number of hydrogen-bond acceptors (Lipinski definition) is 8. The summed E-state index contributed by atoms with van der Waals surface area (Å²) in [5.41, 5.74) is 0.263. The molecule has 29 heavy (non-hydrogen) atoms. The lowest BCUT2D eigenvalue weighted by atomic mass is 10.2. The topological polar surface area (TPSA) is 114 Å². The van der Waals surface area contributed by atoms with Crippen molar-refractivity contribution in [3.63, 3.8) is 0 Å². The molecule has 1 atom stereocenters. The van der Waals surface area contributed by atoms with Crippen LogP contribution in [-0.4, -0.2) is 67.2 Å². The number of methoxy groups -OCH3 is 1. The molecule has 1 unspecified atom stereocenters. The van der Waals surface area contributed by atoms with Crippen molar-refractivity contribution in [2.24, 2.45) is 0 Å². The highest BCUT2D eigenvalue weighted by Crippen LogP contribution is 2.28. The van der Waals surface area contributed by atoms with E-state index >= 15 is 0 Å².